The molecule has 0 heterocycles. The molecule has 2 nitrogen and oxygen atoms in total. The predicted molar refractivity (Wildman–Crippen MR) is 107 cm³/mol. The molecule has 146 valence electrons. The average Bonchev–Trinajstić information content (AvgIpc) is 2.60. The van der Waals surface area contributed by atoms with Gasteiger partial charge in [0.1, 0.15) is 0 Å². The molecule has 0 aliphatic heterocycles. The first kappa shape index (κ1) is 23.9. The van der Waals surface area contributed by atoms with Gasteiger partial charge >= 0.3 is 0 Å². The van der Waals surface area contributed by atoms with Gasteiger partial charge in [0.25, 0.3) is 0 Å². The highest BCUT2D eigenvalue weighted by molar-refractivity contribution is 4.50. The first-order chi connectivity index (χ1) is 11.9. The molecule has 24 heavy (non-hydrogen) atoms. The van der Waals surface area contributed by atoms with Crippen molar-refractivity contribution in [3.05, 3.63) is 0 Å². The van der Waals surface area contributed by atoms with E-state index in [1.807, 2.05) is 0 Å². The van der Waals surface area contributed by atoms with Gasteiger partial charge in [-0.2, -0.15) is 0 Å². The Balaban J connectivity index is 2.93. The molecule has 0 rings (SSSR count). The summed E-state index contributed by atoms with van der Waals surface area (Å²) in [5, 5.41) is 0. The van der Waals surface area contributed by atoms with Crippen molar-refractivity contribution in [1.82, 2.24) is 0 Å². The predicted octanol–water partition coefficient (Wildman–Crippen LogP) is 7.30. The molecule has 0 radical (unpaired) electrons. The summed E-state index contributed by atoms with van der Waals surface area (Å²) in [5.41, 5.74) is 0. The lowest BCUT2D eigenvalue weighted by Gasteiger charge is -2.05. The maximum atomic E-state index is 5.57. The van der Waals surface area contributed by atoms with Gasteiger partial charge < -0.3 is 9.47 Å². The summed E-state index contributed by atoms with van der Waals surface area (Å²) >= 11 is 0. The van der Waals surface area contributed by atoms with Crippen LogP contribution in [0.2, 0.25) is 0 Å². The molecule has 2 heteroatoms. The van der Waals surface area contributed by atoms with Crippen molar-refractivity contribution in [3.63, 3.8) is 0 Å². The zero-order valence-corrected chi connectivity index (χ0v) is 17.0. The molecule has 0 saturated heterocycles. The van der Waals surface area contributed by atoms with E-state index in [9.17, 15) is 0 Å². The smallest absolute Gasteiger partial charge is 0.0487 e. The zero-order valence-electron chi connectivity index (χ0n) is 17.0. The van der Waals surface area contributed by atoms with Crippen molar-refractivity contribution in [2.24, 2.45) is 0 Å². The molecule has 0 aliphatic carbocycles. The van der Waals surface area contributed by atoms with Gasteiger partial charge in [-0.05, 0) is 12.8 Å². The molecule has 0 atom stereocenters. The molecule has 0 saturated carbocycles. The van der Waals surface area contributed by atoms with Gasteiger partial charge in [-0.3, -0.25) is 0 Å². The van der Waals surface area contributed by atoms with Crippen LogP contribution in [0, 0.1) is 0 Å². The van der Waals surface area contributed by atoms with Crippen LogP contribution >= 0.6 is 0 Å². The highest BCUT2D eigenvalue weighted by Crippen LogP contribution is 2.13. The average molecular weight is 343 g/mol. The standard InChI is InChI=1S/C22H46O2/c1-3-4-5-6-7-8-9-10-11-12-13-14-15-16-17-18-21-24-22-19-20-23-2/h3-22H2,1-2H3. The molecular weight excluding hydrogens is 296 g/mol. The third-order valence-electron chi connectivity index (χ3n) is 4.78. The van der Waals surface area contributed by atoms with Crippen LogP contribution in [-0.2, 0) is 9.47 Å². The van der Waals surface area contributed by atoms with Gasteiger partial charge in [0.2, 0.25) is 0 Å². The van der Waals surface area contributed by atoms with Gasteiger partial charge in [0.15, 0.2) is 0 Å². The second kappa shape index (κ2) is 22.9. The van der Waals surface area contributed by atoms with Crippen molar-refractivity contribution in [2.75, 3.05) is 26.9 Å². The molecule has 0 fully saturated rings. The van der Waals surface area contributed by atoms with E-state index in [0.717, 1.165) is 26.2 Å². The van der Waals surface area contributed by atoms with Gasteiger partial charge in [0, 0.05) is 26.9 Å². The van der Waals surface area contributed by atoms with E-state index < -0.39 is 0 Å². The Morgan fingerprint density at radius 3 is 1.21 bits per heavy atom. The fraction of sp³-hybridized carbons (Fsp3) is 1.00. The van der Waals surface area contributed by atoms with Crippen LogP contribution < -0.4 is 0 Å². The van der Waals surface area contributed by atoms with E-state index >= 15 is 0 Å². The molecule has 0 aromatic carbocycles. The molecular formula is C22H46O2. The number of hydrogen-bond donors (Lipinski definition) is 0. The Hall–Kier alpha value is -0.0800. The van der Waals surface area contributed by atoms with Crippen LogP contribution in [0.15, 0.2) is 0 Å². The number of methoxy groups -OCH3 is 1. The van der Waals surface area contributed by atoms with Gasteiger partial charge in [-0.1, -0.05) is 103 Å². The first-order valence-electron chi connectivity index (χ1n) is 11.0. The first-order valence-corrected chi connectivity index (χ1v) is 11.0. The fourth-order valence-electron chi connectivity index (χ4n) is 3.16. The maximum Gasteiger partial charge on any atom is 0.0487 e. The molecule has 0 spiro atoms. The van der Waals surface area contributed by atoms with Crippen LogP contribution in [0.1, 0.15) is 116 Å². The topological polar surface area (TPSA) is 18.5 Å². The summed E-state index contributed by atoms with van der Waals surface area (Å²) in [6, 6.07) is 0. The maximum absolute atomic E-state index is 5.57. The fourth-order valence-corrected chi connectivity index (χ4v) is 3.16. The second-order valence-electron chi connectivity index (χ2n) is 7.26. The van der Waals surface area contributed by atoms with Crippen LogP contribution in [0.3, 0.4) is 0 Å². The second-order valence-corrected chi connectivity index (χ2v) is 7.26. The van der Waals surface area contributed by atoms with E-state index in [2.05, 4.69) is 6.92 Å². The number of unbranched alkanes of at least 4 members (excludes halogenated alkanes) is 15. The monoisotopic (exact) mass is 342 g/mol. The van der Waals surface area contributed by atoms with Crippen molar-refractivity contribution in [1.29, 1.82) is 0 Å². The lowest BCUT2D eigenvalue weighted by Crippen LogP contribution is -2.00. The number of hydrogen-bond acceptors (Lipinski definition) is 2. The quantitative estimate of drug-likeness (QED) is 0.204. The summed E-state index contributed by atoms with van der Waals surface area (Å²) in [6.07, 6.45) is 23.8. The van der Waals surface area contributed by atoms with E-state index in [-0.39, 0.29) is 0 Å². The van der Waals surface area contributed by atoms with Gasteiger partial charge in [-0.25, -0.2) is 0 Å². The van der Waals surface area contributed by atoms with E-state index in [4.69, 9.17) is 9.47 Å². The van der Waals surface area contributed by atoms with Gasteiger partial charge in [0.05, 0.1) is 0 Å². The molecule has 0 aromatic rings. The minimum atomic E-state index is 0.818. The molecule has 0 bridgehead atoms. The Bertz CT molecular complexity index is 184. The molecule has 0 amide bonds. The van der Waals surface area contributed by atoms with E-state index in [0.29, 0.717) is 0 Å². The summed E-state index contributed by atoms with van der Waals surface area (Å²) in [6.45, 7) is 4.90. The minimum absolute atomic E-state index is 0.818. The third kappa shape index (κ3) is 21.9. The van der Waals surface area contributed by atoms with Crippen molar-refractivity contribution in [3.8, 4) is 0 Å². The highest BCUT2D eigenvalue weighted by Gasteiger charge is 1.95. The largest absolute Gasteiger partial charge is 0.385 e. The summed E-state index contributed by atoms with van der Waals surface area (Å²) in [4.78, 5) is 0. The molecule has 0 aromatic heterocycles. The van der Waals surface area contributed by atoms with Crippen molar-refractivity contribution < 1.29 is 9.47 Å². The summed E-state index contributed by atoms with van der Waals surface area (Å²) in [7, 11) is 1.75. The zero-order chi connectivity index (χ0) is 17.6. The Morgan fingerprint density at radius 1 is 0.417 bits per heavy atom. The van der Waals surface area contributed by atoms with Crippen LogP contribution in [0.25, 0.3) is 0 Å². The minimum Gasteiger partial charge on any atom is -0.385 e. The van der Waals surface area contributed by atoms with Crippen molar-refractivity contribution >= 4 is 0 Å². The highest BCUT2D eigenvalue weighted by atomic mass is 16.5. The molecule has 0 N–H and O–H groups in total. The normalized spacial score (nSPS) is 11.2. The Kier molecular flexibility index (Phi) is 22.8. The lowest BCUT2D eigenvalue weighted by molar-refractivity contribution is 0.100. The van der Waals surface area contributed by atoms with Crippen LogP contribution in [-0.4, -0.2) is 26.9 Å². The number of rotatable bonds is 21. The lowest BCUT2D eigenvalue weighted by atomic mass is 10.0. The Labute approximate surface area is 153 Å². The molecule has 0 aliphatic rings. The van der Waals surface area contributed by atoms with Crippen LogP contribution in [0.4, 0.5) is 0 Å². The SMILES string of the molecule is CCCCCCCCCCCCCCCCCCOCCCOC. The summed E-state index contributed by atoms with van der Waals surface area (Å²) < 4.78 is 10.6. The van der Waals surface area contributed by atoms with E-state index in [1.54, 1.807) is 7.11 Å². The van der Waals surface area contributed by atoms with Crippen LogP contribution in [0.5, 0.6) is 0 Å². The van der Waals surface area contributed by atoms with Gasteiger partial charge in [-0.15, -0.1) is 0 Å². The number of ether oxygens (including phenoxy) is 2. The Morgan fingerprint density at radius 2 is 0.792 bits per heavy atom. The summed E-state index contributed by atoms with van der Waals surface area (Å²) in [5.74, 6) is 0. The molecule has 0 unspecified atom stereocenters. The van der Waals surface area contributed by atoms with E-state index in [1.165, 1.54) is 103 Å². The van der Waals surface area contributed by atoms with Crippen molar-refractivity contribution in [2.45, 2.75) is 116 Å². The third-order valence-corrected chi connectivity index (χ3v) is 4.78.